The van der Waals surface area contributed by atoms with Crippen molar-refractivity contribution in [1.82, 2.24) is 5.10 Å². The highest BCUT2D eigenvalue weighted by Crippen LogP contribution is 2.28. The number of aromatic nitrogens is 2. The van der Waals surface area contributed by atoms with Gasteiger partial charge in [-0.3, -0.25) is 10.1 Å². The molecule has 3 rings (SSSR count). The van der Waals surface area contributed by atoms with Gasteiger partial charge in [0.15, 0.2) is 0 Å². The van der Waals surface area contributed by atoms with Gasteiger partial charge in [0.1, 0.15) is 0 Å². The molecular weight excluding hydrogens is 370 g/mol. The summed E-state index contributed by atoms with van der Waals surface area (Å²) in [6.07, 6.45) is 0. The number of nitrogens with zero attached hydrogens (tertiary/aromatic N) is 2. The number of H-pyrrole nitrogens is 1. The number of rotatable bonds is 4. The van der Waals surface area contributed by atoms with Crippen LogP contribution in [0.4, 0.5) is 5.69 Å². The predicted octanol–water partition coefficient (Wildman–Crippen LogP) is 3.92. The Hall–Kier alpha value is -3.19. The molecule has 1 heterocycles. The monoisotopic (exact) mass is 386 g/mol. The second kappa shape index (κ2) is 7.20. The van der Waals surface area contributed by atoms with Crippen molar-refractivity contribution >= 4 is 23.3 Å². The fourth-order valence-electron chi connectivity index (χ4n) is 3.07. The van der Waals surface area contributed by atoms with Gasteiger partial charge in [-0.15, -0.1) is 0 Å². The molecule has 0 aliphatic heterocycles. The number of benzene rings is 2. The molecule has 0 radical (unpaired) electrons. The Labute approximate surface area is 160 Å². The van der Waals surface area contributed by atoms with Crippen LogP contribution in [0.5, 0.6) is 0 Å². The van der Waals surface area contributed by atoms with E-state index in [4.69, 9.17) is 16.3 Å². The van der Waals surface area contributed by atoms with E-state index in [0.717, 1.165) is 22.5 Å². The van der Waals surface area contributed by atoms with Crippen molar-refractivity contribution in [3.05, 3.63) is 74.6 Å². The molecule has 2 aromatic carbocycles. The van der Waals surface area contributed by atoms with Gasteiger partial charge in [-0.1, -0.05) is 28.4 Å². The molecule has 7 nitrogen and oxygen atoms in total. The Bertz CT molecular complexity index is 1060. The summed E-state index contributed by atoms with van der Waals surface area (Å²) in [5.41, 5.74) is 4.24. The molecular formula is C19H17ClN3O4+. The average Bonchev–Trinajstić information content (AvgIpc) is 2.95. The zero-order valence-electron chi connectivity index (χ0n) is 14.9. The van der Waals surface area contributed by atoms with E-state index in [1.807, 2.05) is 19.9 Å². The Balaban J connectivity index is 2.14. The van der Waals surface area contributed by atoms with Gasteiger partial charge in [-0.25, -0.2) is 4.79 Å². The third kappa shape index (κ3) is 3.41. The Morgan fingerprint density at radius 3 is 2.63 bits per heavy atom. The van der Waals surface area contributed by atoms with Crippen molar-refractivity contribution in [3.63, 3.8) is 0 Å². The van der Waals surface area contributed by atoms with E-state index in [-0.39, 0.29) is 11.3 Å². The second-order valence-electron chi connectivity index (χ2n) is 6.00. The SMILES string of the molecule is COC(=O)c1cc(-[n+]2[nH]c(C)c(-c3cccc([N+](=O)[O-])c3)c2C)ccc1Cl. The Morgan fingerprint density at radius 1 is 1.22 bits per heavy atom. The number of hydrogen-bond acceptors (Lipinski definition) is 4. The van der Waals surface area contributed by atoms with Crippen LogP contribution in [0.2, 0.25) is 5.02 Å². The number of nitro benzene ring substituents is 1. The molecule has 0 atom stereocenters. The first kappa shape index (κ1) is 18.6. The van der Waals surface area contributed by atoms with Gasteiger partial charge in [-0.05, 0) is 18.6 Å². The lowest BCUT2D eigenvalue weighted by molar-refractivity contribution is -0.661. The van der Waals surface area contributed by atoms with E-state index in [2.05, 4.69) is 5.10 Å². The number of esters is 1. The summed E-state index contributed by atoms with van der Waals surface area (Å²) in [4.78, 5) is 22.6. The van der Waals surface area contributed by atoms with E-state index < -0.39 is 10.9 Å². The molecule has 138 valence electrons. The first-order valence-corrected chi connectivity index (χ1v) is 8.45. The molecule has 0 unspecified atom stereocenters. The summed E-state index contributed by atoms with van der Waals surface area (Å²) in [5.74, 6) is -0.526. The largest absolute Gasteiger partial charge is 0.465 e. The molecule has 0 spiro atoms. The fourth-order valence-corrected chi connectivity index (χ4v) is 3.26. The lowest BCUT2D eigenvalue weighted by Crippen LogP contribution is -2.35. The third-order valence-electron chi connectivity index (χ3n) is 4.31. The minimum Gasteiger partial charge on any atom is -0.465 e. The highest BCUT2D eigenvalue weighted by atomic mass is 35.5. The maximum atomic E-state index is 11.9. The van der Waals surface area contributed by atoms with Crippen LogP contribution in [0.25, 0.3) is 16.8 Å². The molecule has 0 aliphatic carbocycles. The van der Waals surface area contributed by atoms with E-state index in [9.17, 15) is 14.9 Å². The van der Waals surface area contributed by atoms with E-state index in [1.54, 1.807) is 28.9 Å². The number of nitro groups is 1. The predicted molar refractivity (Wildman–Crippen MR) is 100 cm³/mol. The third-order valence-corrected chi connectivity index (χ3v) is 4.64. The molecule has 0 amide bonds. The zero-order valence-corrected chi connectivity index (χ0v) is 15.7. The standard InChI is InChI=1S/C19H16ClN3O4/c1-11-18(13-5-4-6-15(9-13)23(25)26)12(2)22(21-11)14-7-8-17(20)16(10-14)19(24)27-3/h4-10H,1-3H3/p+1. The summed E-state index contributed by atoms with van der Waals surface area (Å²) in [6.45, 7) is 3.78. The zero-order chi connectivity index (χ0) is 19.7. The van der Waals surface area contributed by atoms with Crippen molar-refractivity contribution in [2.24, 2.45) is 0 Å². The van der Waals surface area contributed by atoms with Crippen LogP contribution < -0.4 is 4.68 Å². The van der Waals surface area contributed by atoms with Crippen LogP contribution >= 0.6 is 11.6 Å². The van der Waals surface area contributed by atoms with E-state index >= 15 is 0 Å². The van der Waals surface area contributed by atoms with Crippen molar-refractivity contribution in [2.45, 2.75) is 13.8 Å². The van der Waals surface area contributed by atoms with Gasteiger partial charge in [0, 0.05) is 31.2 Å². The maximum absolute atomic E-state index is 11.9. The van der Waals surface area contributed by atoms with Crippen molar-refractivity contribution in [1.29, 1.82) is 0 Å². The van der Waals surface area contributed by atoms with Crippen LogP contribution in [0, 0.1) is 24.0 Å². The summed E-state index contributed by atoms with van der Waals surface area (Å²) < 4.78 is 6.56. The smallest absolute Gasteiger partial charge is 0.339 e. The van der Waals surface area contributed by atoms with Gasteiger partial charge >= 0.3 is 5.97 Å². The second-order valence-corrected chi connectivity index (χ2v) is 6.40. The first-order chi connectivity index (χ1) is 12.8. The van der Waals surface area contributed by atoms with Crippen LogP contribution in [0.1, 0.15) is 21.7 Å². The minimum absolute atomic E-state index is 0.0264. The molecule has 0 saturated heterocycles. The lowest BCUT2D eigenvalue weighted by Gasteiger charge is -2.02. The summed E-state index contributed by atoms with van der Waals surface area (Å²) >= 11 is 6.09. The van der Waals surface area contributed by atoms with Crippen LogP contribution in [-0.4, -0.2) is 23.1 Å². The summed E-state index contributed by atoms with van der Waals surface area (Å²) in [7, 11) is 1.29. The van der Waals surface area contributed by atoms with Crippen molar-refractivity contribution < 1.29 is 19.1 Å². The lowest BCUT2D eigenvalue weighted by atomic mass is 10.0. The first-order valence-electron chi connectivity index (χ1n) is 8.07. The number of hydrogen-bond donors (Lipinski definition) is 1. The number of halogens is 1. The quantitative estimate of drug-likeness (QED) is 0.318. The fraction of sp³-hybridized carbons (Fsp3) is 0.158. The van der Waals surface area contributed by atoms with Crippen molar-refractivity contribution in [3.8, 4) is 16.8 Å². The van der Waals surface area contributed by atoms with Gasteiger partial charge < -0.3 is 4.74 Å². The van der Waals surface area contributed by atoms with Crippen molar-refractivity contribution in [2.75, 3.05) is 7.11 Å². The number of carbonyl (C=O) groups excluding carboxylic acids is 1. The highest BCUT2D eigenvalue weighted by molar-refractivity contribution is 6.33. The van der Waals surface area contributed by atoms with E-state index in [0.29, 0.717) is 10.7 Å². The molecule has 1 aromatic heterocycles. The van der Waals surface area contributed by atoms with E-state index in [1.165, 1.54) is 19.2 Å². The van der Waals surface area contributed by atoms with Crippen LogP contribution in [0.15, 0.2) is 42.5 Å². The highest BCUT2D eigenvalue weighted by Gasteiger charge is 2.25. The average molecular weight is 387 g/mol. The van der Waals surface area contributed by atoms with Crippen LogP contribution in [-0.2, 0) is 4.74 Å². The van der Waals surface area contributed by atoms with Crippen LogP contribution in [0.3, 0.4) is 0 Å². The van der Waals surface area contributed by atoms with Gasteiger partial charge in [0.2, 0.25) is 11.4 Å². The molecule has 3 aromatic rings. The van der Waals surface area contributed by atoms with Gasteiger partial charge in [0.25, 0.3) is 5.69 Å². The Kier molecular flexibility index (Phi) is 4.96. The number of nitrogens with one attached hydrogen (secondary N) is 1. The minimum atomic E-state index is -0.526. The van der Waals surface area contributed by atoms with Gasteiger partial charge in [-0.2, -0.15) is 5.10 Å². The number of ether oxygens (including phenoxy) is 1. The number of aryl methyl sites for hydroxylation is 1. The number of carbonyl (C=O) groups is 1. The topological polar surface area (TPSA) is 89.1 Å². The molecule has 0 bridgehead atoms. The maximum Gasteiger partial charge on any atom is 0.339 e. The normalized spacial score (nSPS) is 10.7. The molecule has 1 N–H and O–H groups in total. The summed E-state index contributed by atoms with van der Waals surface area (Å²) in [6, 6.07) is 11.5. The molecule has 8 heteroatoms. The molecule has 0 fully saturated rings. The number of aromatic amines is 1. The molecule has 0 aliphatic rings. The summed E-state index contributed by atoms with van der Waals surface area (Å²) in [5, 5.41) is 14.6. The van der Waals surface area contributed by atoms with Gasteiger partial charge in [0.05, 0.1) is 33.9 Å². The number of non-ortho nitro benzene ring substituents is 1. The number of methoxy groups -OCH3 is 1. The Morgan fingerprint density at radius 2 is 1.96 bits per heavy atom. The molecule has 0 saturated carbocycles. The molecule has 27 heavy (non-hydrogen) atoms.